The molecule has 0 amide bonds. The molecule has 0 unspecified atom stereocenters. The van der Waals surface area contributed by atoms with Crippen LogP contribution in [0.15, 0.2) is 5.38 Å². The molecule has 8 heteroatoms. The number of thiazole rings is 1. The summed E-state index contributed by atoms with van der Waals surface area (Å²) in [6.07, 6.45) is 0.788. The minimum absolute atomic E-state index is 0.309. The number of nitrogens with one attached hydrogen (secondary N) is 1. The molecule has 19 heavy (non-hydrogen) atoms. The van der Waals surface area contributed by atoms with E-state index in [1.165, 1.54) is 19.9 Å². The summed E-state index contributed by atoms with van der Waals surface area (Å²) in [6, 6.07) is 0. The van der Waals surface area contributed by atoms with E-state index >= 15 is 0 Å². The van der Waals surface area contributed by atoms with Crippen molar-refractivity contribution in [3.63, 3.8) is 0 Å². The van der Waals surface area contributed by atoms with Gasteiger partial charge in [0.15, 0.2) is 0 Å². The van der Waals surface area contributed by atoms with Gasteiger partial charge in [-0.1, -0.05) is 0 Å². The lowest BCUT2D eigenvalue weighted by Gasteiger charge is -2.23. The van der Waals surface area contributed by atoms with Crippen LogP contribution in [0.3, 0.4) is 0 Å². The highest BCUT2D eigenvalue weighted by atomic mass is 32.2. The Morgan fingerprint density at radius 3 is 2.58 bits per heavy atom. The van der Waals surface area contributed by atoms with Crippen LogP contribution in [-0.4, -0.2) is 56.2 Å². The fraction of sp³-hybridized carbons (Fsp3) is 0.727. The van der Waals surface area contributed by atoms with Crippen molar-refractivity contribution < 1.29 is 8.42 Å². The normalized spacial score (nSPS) is 12.5. The van der Waals surface area contributed by atoms with Gasteiger partial charge in [-0.05, 0) is 26.9 Å². The SMILES string of the molecule is CNCCCN(C)S(=O)(=O)N(C)Cc1csc(C)n1. The summed E-state index contributed by atoms with van der Waals surface area (Å²) in [7, 11) is 1.63. The van der Waals surface area contributed by atoms with Crippen molar-refractivity contribution in [1.29, 1.82) is 0 Å². The summed E-state index contributed by atoms with van der Waals surface area (Å²) in [5.41, 5.74) is 0.789. The van der Waals surface area contributed by atoms with Crippen molar-refractivity contribution in [2.75, 3.05) is 34.2 Å². The lowest BCUT2D eigenvalue weighted by molar-refractivity contribution is 0.383. The van der Waals surface area contributed by atoms with E-state index in [0.717, 1.165) is 23.7 Å². The van der Waals surface area contributed by atoms with Crippen molar-refractivity contribution in [3.8, 4) is 0 Å². The van der Waals surface area contributed by atoms with Gasteiger partial charge in [-0.15, -0.1) is 11.3 Å². The van der Waals surface area contributed by atoms with Crippen LogP contribution in [0.4, 0.5) is 0 Å². The average Bonchev–Trinajstić information content (AvgIpc) is 2.74. The Hall–Kier alpha value is -0.540. The van der Waals surface area contributed by atoms with Gasteiger partial charge in [-0.25, -0.2) is 4.98 Å². The van der Waals surface area contributed by atoms with Crippen LogP contribution >= 0.6 is 11.3 Å². The third-order valence-corrected chi connectivity index (χ3v) is 5.45. The molecule has 1 rings (SSSR count). The lowest BCUT2D eigenvalue weighted by Crippen LogP contribution is -2.40. The Morgan fingerprint density at radius 1 is 1.37 bits per heavy atom. The first-order chi connectivity index (χ1) is 8.87. The van der Waals surface area contributed by atoms with Crippen molar-refractivity contribution in [1.82, 2.24) is 18.9 Å². The molecular formula is C11H22N4O2S2. The van der Waals surface area contributed by atoms with Gasteiger partial charge in [0, 0.05) is 26.0 Å². The molecule has 0 bridgehead atoms. The van der Waals surface area contributed by atoms with Gasteiger partial charge in [0.25, 0.3) is 10.2 Å². The Kier molecular flexibility index (Phi) is 6.34. The van der Waals surface area contributed by atoms with Gasteiger partial charge in [0.05, 0.1) is 17.2 Å². The summed E-state index contributed by atoms with van der Waals surface area (Å²) in [6.45, 7) is 3.52. The van der Waals surface area contributed by atoms with E-state index in [1.54, 1.807) is 14.1 Å². The zero-order valence-electron chi connectivity index (χ0n) is 11.9. The van der Waals surface area contributed by atoms with Gasteiger partial charge in [0.2, 0.25) is 0 Å². The molecule has 0 saturated heterocycles. The predicted molar refractivity (Wildman–Crippen MR) is 78.4 cm³/mol. The highest BCUT2D eigenvalue weighted by molar-refractivity contribution is 7.86. The maximum absolute atomic E-state index is 12.2. The summed E-state index contributed by atoms with van der Waals surface area (Å²) in [5, 5.41) is 5.84. The number of hydrogen-bond acceptors (Lipinski definition) is 5. The second kappa shape index (κ2) is 7.30. The quantitative estimate of drug-likeness (QED) is 0.717. The summed E-state index contributed by atoms with van der Waals surface area (Å²) in [4.78, 5) is 4.28. The van der Waals surface area contributed by atoms with Crippen molar-refractivity contribution in [2.45, 2.75) is 19.9 Å². The van der Waals surface area contributed by atoms with Gasteiger partial charge in [0.1, 0.15) is 0 Å². The molecule has 1 aromatic heterocycles. The van der Waals surface area contributed by atoms with Crippen LogP contribution in [0.1, 0.15) is 17.1 Å². The Bertz CT molecular complexity index is 487. The van der Waals surface area contributed by atoms with Crippen LogP contribution in [0, 0.1) is 6.92 Å². The topological polar surface area (TPSA) is 65.5 Å². The highest BCUT2D eigenvalue weighted by Gasteiger charge is 2.23. The standard InChI is InChI=1S/C11H22N4O2S2/c1-10-13-11(9-18-10)8-15(4)19(16,17)14(3)7-5-6-12-2/h9,12H,5-8H2,1-4H3. The molecular weight excluding hydrogens is 284 g/mol. The van der Waals surface area contributed by atoms with Crippen molar-refractivity contribution in [2.24, 2.45) is 0 Å². The summed E-state index contributed by atoms with van der Waals surface area (Å²) >= 11 is 1.53. The van der Waals surface area contributed by atoms with Crippen LogP contribution in [-0.2, 0) is 16.8 Å². The van der Waals surface area contributed by atoms with E-state index < -0.39 is 10.2 Å². The minimum atomic E-state index is -3.40. The Morgan fingerprint density at radius 2 is 2.05 bits per heavy atom. The molecule has 0 fully saturated rings. The molecule has 110 valence electrons. The summed E-state index contributed by atoms with van der Waals surface area (Å²) < 4.78 is 27.2. The number of aryl methyl sites for hydroxylation is 1. The molecule has 0 aliphatic rings. The molecule has 1 N–H and O–H groups in total. The molecule has 0 radical (unpaired) electrons. The van der Waals surface area contributed by atoms with E-state index in [2.05, 4.69) is 10.3 Å². The molecule has 0 spiro atoms. The molecule has 0 aliphatic carbocycles. The van der Waals surface area contributed by atoms with Gasteiger partial charge in [-0.3, -0.25) is 0 Å². The molecule has 0 aromatic carbocycles. The molecule has 0 atom stereocenters. The van der Waals surface area contributed by atoms with Crippen LogP contribution in [0.25, 0.3) is 0 Å². The molecule has 0 aliphatic heterocycles. The minimum Gasteiger partial charge on any atom is -0.320 e. The fourth-order valence-corrected chi connectivity index (χ4v) is 3.36. The number of aromatic nitrogens is 1. The first-order valence-electron chi connectivity index (χ1n) is 6.11. The van der Waals surface area contributed by atoms with Crippen LogP contribution in [0.2, 0.25) is 0 Å². The zero-order valence-corrected chi connectivity index (χ0v) is 13.5. The van der Waals surface area contributed by atoms with E-state index in [9.17, 15) is 8.42 Å². The first kappa shape index (κ1) is 16.5. The molecule has 6 nitrogen and oxygen atoms in total. The third-order valence-electron chi connectivity index (χ3n) is 2.74. The van der Waals surface area contributed by atoms with Crippen LogP contribution in [0.5, 0.6) is 0 Å². The van der Waals surface area contributed by atoms with E-state index in [4.69, 9.17) is 0 Å². The van der Waals surface area contributed by atoms with E-state index in [0.29, 0.717) is 13.1 Å². The number of nitrogens with zero attached hydrogens (tertiary/aromatic N) is 3. The Balaban J connectivity index is 2.60. The molecule has 0 saturated carbocycles. The van der Waals surface area contributed by atoms with Gasteiger partial charge in [-0.2, -0.15) is 17.0 Å². The number of rotatable bonds is 8. The fourth-order valence-electron chi connectivity index (χ4n) is 1.62. The molecule has 1 aromatic rings. The van der Waals surface area contributed by atoms with Crippen LogP contribution < -0.4 is 5.32 Å². The maximum atomic E-state index is 12.2. The maximum Gasteiger partial charge on any atom is 0.281 e. The summed E-state index contributed by atoms with van der Waals surface area (Å²) in [5.74, 6) is 0. The first-order valence-corrected chi connectivity index (χ1v) is 8.38. The zero-order chi connectivity index (χ0) is 14.5. The van der Waals surface area contributed by atoms with Gasteiger partial charge < -0.3 is 5.32 Å². The second-order valence-electron chi connectivity index (χ2n) is 4.40. The van der Waals surface area contributed by atoms with E-state index in [1.807, 2.05) is 19.4 Å². The largest absolute Gasteiger partial charge is 0.320 e. The highest BCUT2D eigenvalue weighted by Crippen LogP contribution is 2.13. The van der Waals surface area contributed by atoms with Crippen molar-refractivity contribution >= 4 is 21.5 Å². The third kappa shape index (κ3) is 4.81. The predicted octanol–water partition coefficient (Wildman–Crippen LogP) is 0.669. The number of hydrogen-bond donors (Lipinski definition) is 1. The second-order valence-corrected chi connectivity index (χ2v) is 7.60. The Labute approximate surface area is 119 Å². The average molecular weight is 306 g/mol. The molecule has 1 heterocycles. The smallest absolute Gasteiger partial charge is 0.281 e. The van der Waals surface area contributed by atoms with Gasteiger partial charge >= 0.3 is 0 Å². The van der Waals surface area contributed by atoms with E-state index in [-0.39, 0.29) is 0 Å². The lowest BCUT2D eigenvalue weighted by atomic mass is 10.4. The monoisotopic (exact) mass is 306 g/mol. The van der Waals surface area contributed by atoms with Crippen molar-refractivity contribution in [3.05, 3.63) is 16.1 Å².